The minimum absolute atomic E-state index is 0.182. The van der Waals surface area contributed by atoms with E-state index >= 15 is 0 Å². The third kappa shape index (κ3) is 1.95. The molecule has 0 aliphatic rings. The normalized spacial score (nSPS) is 10.8. The molecule has 0 spiro atoms. The average molecular weight is 268 g/mol. The van der Waals surface area contributed by atoms with Crippen LogP contribution in [0.1, 0.15) is 17.3 Å². The highest BCUT2D eigenvalue weighted by atomic mass is 16.5. The van der Waals surface area contributed by atoms with Gasteiger partial charge in [-0.2, -0.15) is 0 Å². The Balaban J connectivity index is 2.12. The van der Waals surface area contributed by atoms with Crippen molar-refractivity contribution in [3.8, 4) is 0 Å². The van der Waals surface area contributed by atoms with Crippen LogP contribution in [0.4, 0.5) is 0 Å². The maximum Gasteiger partial charge on any atom is 0.379 e. The second-order valence-corrected chi connectivity index (χ2v) is 4.36. The number of benzene rings is 2. The van der Waals surface area contributed by atoms with Crippen LogP contribution in [-0.2, 0) is 9.53 Å². The number of carbonyl (C=O) groups is 2. The van der Waals surface area contributed by atoms with E-state index in [1.54, 1.807) is 25.1 Å². The number of furan rings is 1. The van der Waals surface area contributed by atoms with Gasteiger partial charge in [0.05, 0.1) is 6.61 Å². The number of rotatable bonds is 3. The van der Waals surface area contributed by atoms with Crippen molar-refractivity contribution in [3.05, 3.63) is 48.0 Å². The first-order valence-corrected chi connectivity index (χ1v) is 6.33. The van der Waals surface area contributed by atoms with E-state index in [1.165, 1.54) is 0 Å². The predicted molar refractivity (Wildman–Crippen MR) is 74.7 cm³/mol. The van der Waals surface area contributed by atoms with Gasteiger partial charge in [0, 0.05) is 16.3 Å². The molecule has 0 N–H and O–H groups in total. The summed E-state index contributed by atoms with van der Waals surface area (Å²) in [6.45, 7) is 1.85. The highest BCUT2D eigenvalue weighted by Crippen LogP contribution is 2.29. The lowest BCUT2D eigenvalue weighted by atomic mass is 10.1. The summed E-state index contributed by atoms with van der Waals surface area (Å²) >= 11 is 0. The number of ketones is 1. The van der Waals surface area contributed by atoms with E-state index in [0.717, 1.165) is 16.4 Å². The fourth-order valence-corrected chi connectivity index (χ4v) is 2.18. The Kier molecular flexibility index (Phi) is 2.99. The fourth-order valence-electron chi connectivity index (χ4n) is 2.18. The highest BCUT2D eigenvalue weighted by molar-refractivity contribution is 6.41. The first-order chi connectivity index (χ1) is 9.70. The summed E-state index contributed by atoms with van der Waals surface area (Å²) in [6.07, 6.45) is 0. The second-order valence-electron chi connectivity index (χ2n) is 4.36. The molecule has 4 nitrogen and oxygen atoms in total. The first kappa shape index (κ1) is 12.4. The van der Waals surface area contributed by atoms with E-state index in [9.17, 15) is 9.59 Å². The molecule has 3 rings (SSSR count). The average Bonchev–Trinajstić information content (AvgIpc) is 2.84. The Morgan fingerprint density at radius 3 is 2.60 bits per heavy atom. The lowest BCUT2D eigenvalue weighted by Crippen LogP contribution is -2.17. The van der Waals surface area contributed by atoms with Gasteiger partial charge in [-0.15, -0.1) is 0 Å². The summed E-state index contributed by atoms with van der Waals surface area (Å²) in [6, 6.07) is 12.5. The molecule has 0 saturated heterocycles. The highest BCUT2D eigenvalue weighted by Gasteiger charge is 2.18. The van der Waals surface area contributed by atoms with Crippen LogP contribution in [0.2, 0.25) is 0 Å². The second kappa shape index (κ2) is 4.81. The van der Waals surface area contributed by atoms with Crippen molar-refractivity contribution in [2.45, 2.75) is 6.92 Å². The molecule has 0 atom stereocenters. The maximum atomic E-state index is 11.9. The molecule has 3 aromatic rings. The van der Waals surface area contributed by atoms with Gasteiger partial charge >= 0.3 is 5.97 Å². The number of ether oxygens (including phenoxy) is 1. The molecule has 0 fully saturated rings. The molecular weight excluding hydrogens is 256 g/mol. The van der Waals surface area contributed by atoms with Crippen LogP contribution < -0.4 is 0 Å². The molecule has 2 aromatic carbocycles. The zero-order chi connectivity index (χ0) is 14.1. The van der Waals surface area contributed by atoms with Crippen molar-refractivity contribution in [3.63, 3.8) is 0 Å². The van der Waals surface area contributed by atoms with E-state index < -0.39 is 11.8 Å². The SMILES string of the molecule is CCOC(=O)C(=O)c1ccc2oc3ccccc3c2c1. The third-order valence-electron chi connectivity index (χ3n) is 3.10. The van der Waals surface area contributed by atoms with Gasteiger partial charge in [0.1, 0.15) is 11.2 Å². The van der Waals surface area contributed by atoms with Crippen molar-refractivity contribution in [2.75, 3.05) is 6.61 Å². The number of esters is 1. The van der Waals surface area contributed by atoms with Crippen molar-refractivity contribution >= 4 is 33.7 Å². The Morgan fingerprint density at radius 2 is 1.80 bits per heavy atom. The van der Waals surface area contributed by atoms with Gasteiger partial charge < -0.3 is 9.15 Å². The number of fused-ring (bicyclic) bond motifs is 3. The summed E-state index contributed by atoms with van der Waals surface area (Å²) < 4.78 is 10.4. The van der Waals surface area contributed by atoms with Crippen LogP contribution in [0.5, 0.6) is 0 Å². The molecule has 0 amide bonds. The largest absolute Gasteiger partial charge is 0.460 e. The molecule has 0 unspecified atom stereocenters. The summed E-state index contributed by atoms with van der Waals surface area (Å²) in [5, 5.41) is 1.73. The minimum Gasteiger partial charge on any atom is -0.460 e. The number of Topliss-reactive ketones (excluding diaryl/α,β-unsaturated/α-hetero) is 1. The van der Waals surface area contributed by atoms with E-state index in [1.807, 2.05) is 24.3 Å². The van der Waals surface area contributed by atoms with Gasteiger partial charge in [-0.3, -0.25) is 4.79 Å². The summed E-state index contributed by atoms with van der Waals surface area (Å²) in [7, 11) is 0. The molecule has 20 heavy (non-hydrogen) atoms. The first-order valence-electron chi connectivity index (χ1n) is 6.33. The minimum atomic E-state index is -0.834. The van der Waals surface area contributed by atoms with Gasteiger partial charge in [0.15, 0.2) is 0 Å². The molecule has 0 aliphatic carbocycles. The molecule has 0 radical (unpaired) electrons. The summed E-state index contributed by atoms with van der Waals surface area (Å²) in [4.78, 5) is 23.4. The molecule has 100 valence electrons. The van der Waals surface area contributed by atoms with E-state index in [2.05, 4.69) is 0 Å². The monoisotopic (exact) mass is 268 g/mol. The van der Waals surface area contributed by atoms with E-state index in [0.29, 0.717) is 11.1 Å². The predicted octanol–water partition coefficient (Wildman–Crippen LogP) is 3.33. The number of hydrogen-bond donors (Lipinski definition) is 0. The lowest BCUT2D eigenvalue weighted by Gasteiger charge is -2.00. The van der Waals surface area contributed by atoms with Crippen LogP contribution in [0, 0.1) is 0 Å². The van der Waals surface area contributed by atoms with Gasteiger partial charge in [0.2, 0.25) is 0 Å². The molecule has 0 bridgehead atoms. The molecule has 0 aliphatic heterocycles. The van der Waals surface area contributed by atoms with Crippen LogP contribution in [0.15, 0.2) is 46.9 Å². The van der Waals surface area contributed by atoms with E-state index in [-0.39, 0.29) is 6.61 Å². The Morgan fingerprint density at radius 1 is 1.05 bits per heavy atom. The molecule has 1 heterocycles. The fraction of sp³-hybridized carbons (Fsp3) is 0.125. The molecule has 1 aromatic heterocycles. The van der Waals surface area contributed by atoms with Crippen molar-refractivity contribution in [1.29, 1.82) is 0 Å². The van der Waals surface area contributed by atoms with Crippen LogP contribution in [0.25, 0.3) is 21.9 Å². The Hall–Kier alpha value is -2.62. The standard InChI is InChI=1S/C16H12O4/c1-2-19-16(18)15(17)10-7-8-14-12(9-10)11-5-3-4-6-13(11)20-14/h3-9H,2H2,1H3. The number of para-hydroxylation sites is 1. The summed E-state index contributed by atoms with van der Waals surface area (Å²) in [5.41, 5.74) is 1.75. The van der Waals surface area contributed by atoms with Crippen LogP contribution in [0.3, 0.4) is 0 Å². The van der Waals surface area contributed by atoms with Gasteiger partial charge in [0.25, 0.3) is 5.78 Å². The summed E-state index contributed by atoms with van der Waals surface area (Å²) in [5.74, 6) is -1.47. The van der Waals surface area contributed by atoms with Gasteiger partial charge in [-0.05, 0) is 31.2 Å². The molecular formula is C16H12O4. The quantitative estimate of drug-likeness (QED) is 0.415. The third-order valence-corrected chi connectivity index (χ3v) is 3.10. The van der Waals surface area contributed by atoms with E-state index in [4.69, 9.17) is 9.15 Å². The van der Waals surface area contributed by atoms with Crippen LogP contribution in [-0.4, -0.2) is 18.4 Å². The van der Waals surface area contributed by atoms with Crippen molar-refractivity contribution in [2.24, 2.45) is 0 Å². The van der Waals surface area contributed by atoms with Crippen molar-refractivity contribution < 1.29 is 18.7 Å². The van der Waals surface area contributed by atoms with Crippen molar-refractivity contribution in [1.82, 2.24) is 0 Å². The maximum absolute atomic E-state index is 11.9. The Bertz CT molecular complexity index is 814. The van der Waals surface area contributed by atoms with Gasteiger partial charge in [-0.25, -0.2) is 4.79 Å². The Labute approximate surface area is 114 Å². The topological polar surface area (TPSA) is 56.5 Å². The number of hydrogen-bond acceptors (Lipinski definition) is 4. The molecule has 4 heteroatoms. The molecule has 0 saturated carbocycles. The zero-order valence-corrected chi connectivity index (χ0v) is 10.9. The van der Waals surface area contributed by atoms with Crippen LogP contribution >= 0.6 is 0 Å². The van der Waals surface area contributed by atoms with Gasteiger partial charge in [-0.1, -0.05) is 18.2 Å². The smallest absolute Gasteiger partial charge is 0.379 e. The zero-order valence-electron chi connectivity index (χ0n) is 10.9. The lowest BCUT2D eigenvalue weighted by molar-refractivity contribution is -0.137. The number of carbonyl (C=O) groups excluding carboxylic acids is 2.